The molecule has 0 bridgehead atoms. The van der Waals surface area contributed by atoms with Crippen LogP contribution in [0.2, 0.25) is 0 Å². The van der Waals surface area contributed by atoms with Gasteiger partial charge in [-0.1, -0.05) is 18.2 Å². The standard InChI is InChI=1S/C22H24N2O4S/c1-2-27-22(26)15-28-17-9-7-8-16(14-17)23-20(25)12-5-6-13-21-24-18-10-3-4-11-19(18)29-21/h3-4,7-11,14H,2,5-6,12-13,15H2,1H3,(H,23,25). The number of hydrogen-bond donors (Lipinski definition) is 1. The van der Waals surface area contributed by atoms with E-state index in [1.807, 2.05) is 18.2 Å². The minimum absolute atomic E-state index is 0.0446. The number of hydrogen-bond acceptors (Lipinski definition) is 6. The summed E-state index contributed by atoms with van der Waals surface area (Å²) in [5.74, 6) is 0.0404. The molecule has 3 rings (SSSR count). The molecule has 0 radical (unpaired) electrons. The van der Waals surface area contributed by atoms with Gasteiger partial charge in [-0.15, -0.1) is 11.3 Å². The summed E-state index contributed by atoms with van der Waals surface area (Å²) in [7, 11) is 0. The third-order valence-electron chi connectivity index (χ3n) is 4.16. The molecule has 0 aliphatic carbocycles. The van der Waals surface area contributed by atoms with E-state index < -0.39 is 5.97 Å². The normalized spacial score (nSPS) is 10.7. The Morgan fingerprint density at radius 2 is 1.97 bits per heavy atom. The van der Waals surface area contributed by atoms with E-state index in [0.29, 0.717) is 24.5 Å². The molecule has 1 amide bonds. The van der Waals surface area contributed by atoms with Crippen molar-refractivity contribution in [1.82, 2.24) is 4.98 Å². The number of nitrogens with one attached hydrogen (secondary N) is 1. The van der Waals surface area contributed by atoms with Gasteiger partial charge in [0, 0.05) is 18.2 Å². The number of carbonyl (C=O) groups excluding carboxylic acids is 2. The molecule has 1 aromatic heterocycles. The molecule has 1 N–H and O–H groups in total. The van der Waals surface area contributed by atoms with Gasteiger partial charge >= 0.3 is 5.97 Å². The van der Waals surface area contributed by atoms with Gasteiger partial charge in [0.1, 0.15) is 5.75 Å². The molecule has 0 spiro atoms. The summed E-state index contributed by atoms with van der Waals surface area (Å²) in [5, 5.41) is 3.98. The number of aromatic nitrogens is 1. The zero-order valence-electron chi connectivity index (χ0n) is 16.3. The zero-order chi connectivity index (χ0) is 20.5. The summed E-state index contributed by atoms with van der Waals surface area (Å²) in [5.41, 5.74) is 1.68. The highest BCUT2D eigenvalue weighted by atomic mass is 32.1. The fraction of sp³-hybridized carbons (Fsp3) is 0.318. The highest BCUT2D eigenvalue weighted by Gasteiger charge is 2.07. The highest BCUT2D eigenvalue weighted by molar-refractivity contribution is 7.18. The Bertz CT molecular complexity index is 937. The molecule has 0 saturated heterocycles. The van der Waals surface area contributed by atoms with Crippen molar-refractivity contribution in [3.05, 3.63) is 53.5 Å². The van der Waals surface area contributed by atoms with Crippen molar-refractivity contribution in [2.45, 2.75) is 32.6 Å². The van der Waals surface area contributed by atoms with Crippen LogP contribution in [0.1, 0.15) is 31.2 Å². The molecule has 1 heterocycles. The number of benzene rings is 2. The van der Waals surface area contributed by atoms with Crippen LogP contribution in [-0.4, -0.2) is 30.1 Å². The van der Waals surface area contributed by atoms with E-state index >= 15 is 0 Å². The van der Waals surface area contributed by atoms with E-state index in [1.165, 1.54) is 4.70 Å². The maximum absolute atomic E-state index is 12.2. The van der Waals surface area contributed by atoms with Gasteiger partial charge in [0.05, 0.1) is 21.8 Å². The summed E-state index contributed by atoms with van der Waals surface area (Å²) in [6.07, 6.45) is 3.03. The van der Waals surface area contributed by atoms with E-state index in [1.54, 1.807) is 42.5 Å². The lowest BCUT2D eigenvalue weighted by Crippen LogP contribution is -2.15. The first-order valence-electron chi connectivity index (χ1n) is 9.67. The molecular weight excluding hydrogens is 388 g/mol. The number of esters is 1. The molecule has 0 unspecified atom stereocenters. The van der Waals surface area contributed by atoms with E-state index in [2.05, 4.69) is 16.4 Å². The molecule has 0 atom stereocenters. The number of fused-ring (bicyclic) bond motifs is 1. The second-order valence-corrected chi connectivity index (χ2v) is 7.57. The lowest BCUT2D eigenvalue weighted by atomic mass is 10.2. The van der Waals surface area contributed by atoms with E-state index in [-0.39, 0.29) is 12.5 Å². The number of carbonyl (C=O) groups is 2. The number of unbranched alkanes of at least 4 members (excludes halogenated alkanes) is 1. The number of amides is 1. The maximum atomic E-state index is 12.2. The largest absolute Gasteiger partial charge is 0.482 e. The van der Waals surface area contributed by atoms with Gasteiger partial charge in [-0.05, 0) is 50.5 Å². The molecule has 0 aliphatic rings. The average Bonchev–Trinajstić information content (AvgIpc) is 3.13. The fourth-order valence-corrected chi connectivity index (χ4v) is 3.83. The van der Waals surface area contributed by atoms with E-state index in [0.717, 1.165) is 29.8 Å². The first kappa shape index (κ1) is 20.8. The lowest BCUT2D eigenvalue weighted by molar-refractivity contribution is -0.145. The van der Waals surface area contributed by atoms with Crippen LogP contribution in [0.3, 0.4) is 0 Å². The van der Waals surface area contributed by atoms with Crippen LogP contribution in [0.5, 0.6) is 5.75 Å². The summed E-state index contributed by atoms with van der Waals surface area (Å²) < 4.78 is 11.4. The number of nitrogens with zero attached hydrogens (tertiary/aromatic N) is 1. The lowest BCUT2D eigenvalue weighted by Gasteiger charge is -2.09. The van der Waals surface area contributed by atoms with Gasteiger partial charge in [-0.2, -0.15) is 0 Å². The van der Waals surface area contributed by atoms with Crippen molar-refractivity contribution in [3.8, 4) is 5.75 Å². The summed E-state index contributed by atoms with van der Waals surface area (Å²) >= 11 is 1.71. The maximum Gasteiger partial charge on any atom is 0.344 e. The van der Waals surface area contributed by atoms with E-state index in [9.17, 15) is 9.59 Å². The summed E-state index contributed by atoms with van der Waals surface area (Å²) in [6.45, 7) is 1.90. The molecule has 3 aromatic rings. The number of aryl methyl sites for hydroxylation is 1. The minimum Gasteiger partial charge on any atom is -0.482 e. The van der Waals surface area contributed by atoms with Gasteiger partial charge in [-0.25, -0.2) is 9.78 Å². The number of para-hydroxylation sites is 1. The monoisotopic (exact) mass is 412 g/mol. The van der Waals surface area contributed by atoms with Crippen LogP contribution >= 0.6 is 11.3 Å². The van der Waals surface area contributed by atoms with Crippen molar-refractivity contribution in [2.75, 3.05) is 18.5 Å². The van der Waals surface area contributed by atoms with Crippen molar-refractivity contribution in [1.29, 1.82) is 0 Å². The first-order valence-corrected chi connectivity index (χ1v) is 10.5. The minimum atomic E-state index is -0.421. The Labute approximate surface area is 173 Å². The van der Waals surface area contributed by atoms with Crippen LogP contribution in [0, 0.1) is 0 Å². The van der Waals surface area contributed by atoms with Crippen LogP contribution in [0.15, 0.2) is 48.5 Å². The van der Waals surface area contributed by atoms with Crippen molar-refractivity contribution < 1.29 is 19.1 Å². The third-order valence-corrected chi connectivity index (χ3v) is 5.26. The first-order chi connectivity index (χ1) is 14.1. The van der Waals surface area contributed by atoms with Gasteiger partial charge in [0.2, 0.25) is 5.91 Å². The Kier molecular flexibility index (Phi) is 7.58. The molecule has 2 aromatic carbocycles. The van der Waals surface area contributed by atoms with Gasteiger partial charge in [0.15, 0.2) is 6.61 Å². The van der Waals surface area contributed by atoms with Crippen LogP contribution in [0.25, 0.3) is 10.2 Å². The van der Waals surface area contributed by atoms with Gasteiger partial charge < -0.3 is 14.8 Å². The third kappa shape index (κ3) is 6.57. The molecule has 0 saturated carbocycles. The van der Waals surface area contributed by atoms with Crippen molar-refractivity contribution in [3.63, 3.8) is 0 Å². The van der Waals surface area contributed by atoms with Gasteiger partial charge in [0.25, 0.3) is 0 Å². The Morgan fingerprint density at radius 1 is 1.10 bits per heavy atom. The number of rotatable bonds is 10. The molecule has 7 heteroatoms. The van der Waals surface area contributed by atoms with Crippen LogP contribution in [0.4, 0.5) is 5.69 Å². The topological polar surface area (TPSA) is 77.5 Å². The SMILES string of the molecule is CCOC(=O)COc1cccc(NC(=O)CCCCc2nc3ccccc3s2)c1. The highest BCUT2D eigenvalue weighted by Crippen LogP contribution is 2.23. The number of thiazole rings is 1. The molecule has 0 fully saturated rings. The number of anilines is 1. The fourth-order valence-electron chi connectivity index (χ4n) is 2.82. The molecular formula is C22H24N2O4S. The molecule has 152 valence electrons. The summed E-state index contributed by atoms with van der Waals surface area (Å²) in [4.78, 5) is 28.2. The molecule has 6 nitrogen and oxygen atoms in total. The number of ether oxygens (including phenoxy) is 2. The second-order valence-electron chi connectivity index (χ2n) is 6.45. The second kappa shape index (κ2) is 10.6. The molecule has 0 aliphatic heterocycles. The van der Waals surface area contributed by atoms with Crippen LogP contribution in [-0.2, 0) is 20.7 Å². The Morgan fingerprint density at radius 3 is 2.79 bits per heavy atom. The summed E-state index contributed by atoms with van der Waals surface area (Å²) in [6, 6.07) is 15.1. The van der Waals surface area contributed by atoms with Crippen molar-refractivity contribution >= 4 is 39.1 Å². The Balaban J connectivity index is 1.39. The smallest absolute Gasteiger partial charge is 0.344 e. The van der Waals surface area contributed by atoms with Crippen molar-refractivity contribution in [2.24, 2.45) is 0 Å². The predicted molar refractivity (Wildman–Crippen MR) is 114 cm³/mol. The van der Waals surface area contributed by atoms with Crippen LogP contribution < -0.4 is 10.1 Å². The van der Waals surface area contributed by atoms with Gasteiger partial charge in [-0.3, -0.25) is 4.79 Å². The molecule has 29 heavy (non-hydrogen) atoms. The average molecular weight is 413 g/mol. The predicted octanol–water partition coefficient (Wildman–Crippen LogP) is 4.59. The Hall–Kier alpha value is -2.93. The van der Waals surface area contributed by atoms with E-state index in [4.69, 9.17) is 9.47 Å². The quantitative estimate of drug-likeness (QED) is 0.389. The zero-order valence-corrected chi connectivity index (χ0v) is 17.2.